The summed E-state index contributed by atoms with van der Waals surface area (Å²) in [4.78, 5) is 40.3. The third-order valence-electron chi connectivity index (χ3n) is 5.87. The number of amides is 1. The second-order valence-electron chi connectivity index (χ2n) is 7.86. The molecule has 0 bridgehead atoms. The van der Waals surface area contributed by atoms with E-state index in [9.17, 15) is 18.8 Å². The Labute approximate surface area is 198 Å². The molecule has 1 atom stereocenters. The normalized spacial score (nSPS) is 15.0. The van der Waals surface area contributed by atoms with Gasteiger partial charge in [-0.05, 0) is 47.5 Å². The molecule has 6 nitrogen and oxygen atoms in total. The van der Waals surface area contributed by atoms with Crippen LogP contribution in [-0.2, 0) is 11.3 Å². The molecule has 0 saturated heterocycles. The molecule has 1 aromatic heterocycles. The van der Waals surface area contributed by atoms with Gasteiger partial charge in [0.1, 0.15) is 11.4 Å². The minimum atomic E-state index is -0.825. The lowest BCUT2D eigenvalue weighted by Gasteiger charge is -2.25. The van der Waals surface area contributed by atoms with Crippen LogP contribution in [-0.4, -0.2) is 23.9 Å². The van der Waals surface area contributed by atoms with Crippen molar-refractivity contribution in [2.24, 2.45) is 0 Å². The highest BCUT2D eigenvalue weighted by Gasteiger charge is 2.43. The van der Waals surface area contributed by atoms with Gasteiger partial charge in [-0.1, -0.05) is 41.9 Å². The molecule has 0 fully saturated rings. The fourth-order valence-corrected chi connectivity index (χ4v) is 4.43. The summed E-state index contributed by atoms with van der Waals surface area (Å²) in [6, 6.07) is 16.3. The average molecular weight is 478 g/mol. The molecule has 1 amide bonds. The molecule has 1 unspecified atom stereocenters. The predicted molar refractivity (Wildman–Crippen MR) is 123 cm³/mol. The monoisotopic (exact) mass is 477 g/mol. The summed E-state index contributed by atoms with van der Waals surface area (Å²) < 4.78 is 24.5. The number of fused-ring (bicyclic) bond motifs is 2. The summed E-state index contributed by atoms with van der Waals surface area (Å²) >= 11 is 6.34. The number of esters is 1. The van der Waals surface area contributed by atoms with Gasteiger partial charge in [0.15, 0.2) is 5.43 Å². The van der Waals surface area contributed by atoms with Crippen molar-refractivity contribution >= 4 is 34.4 Å². The van der Waals surface area contributed by atoms with Crippen molar-refractivity contribution in [3.8, 4) is 0 Å². The van der Waals surface area contributed by atoms with Gasteiger partial charge in [0.25, 0.3) is 5.91 Å². The number of hydrogen-bond donors (Lipinski definition) is 0. The van der Waals surface area contributed by atoms with Crippen LogP contribution < -0.4 is 5.43 Å². The Bertz CT molecular complexity index is 1510. The van der Waals surface area contributed by atoms with Crippen molar-refractivity contribution in [2.75, 3.05) is 7.11 Å². The van der Waals surface area contributed by atoms with Crippen LogP contribution in [0.1, 0.15) is 43.6 Å². The molecule has 1 aliphatic rings. The van der Waals surface area contributed by atoms with Crippen LogP contribution in [0.3, 0.4) is 0 Å². The van der Waals surface area contributed by atoms with Crippen molar-refractivity contribution in [3.63, 3.8) is 0 Å². The van der Waals surface area contributed by atoms with Gasteiger partial charge in [0, 0.05) is 11.6 Å². The van der Waals surface area contributed by atoms with E-state index in [0.29, 0.717) is 21.7 Å². The van der Waals surface area contributed by atoms with Crippen molar-refractivity contribution < 1.29 is 23.1 Å². The molecule has 5 rings (SSSR count). The molecule has 0 aliphatic carbocycles. The van der Waals surface area contributed by atoms with Gasteiger partial charge < -0.3 is 14.1 Å². The standard InChI is InChI=1S/C26H17ClFNO5/c1-33-26(32)15-8-6-14(7-9-15)22-21-23(30)18-12-17(28)10-11-20(18)34-24(21)25(31)29(22)13-16-4-2-3-5-19(16)27/h2-12,22H,13H2,1H3. The fourth-order valence-electron chi connectivity index (χ4n) is 4.23. The van der Waals surface area contributed by atoms with Crippen LogP contribution in [0, 0.1) is 5.82 Å². The number of benzene rings is 3. The van der Waals surface area contributed by atoms with Gasteiger partial charge in [0.2, 0.25) is 5.76 Å². The average Bonchev–Trinajstić information content (AvgIpc) is 3.12. The van der Waals surface area contributed by atoms with Gasteiger partial charge in [-0.25, -0.2) is 9.18 Å². The lowest BCUT2D eigenvalue weighted by molar-refractivity contribution is 0.0599. The summed E-state index contributed by atoms with van der Waals surface area (Å²) in [7, 11) is 1.28. The molecule has 170 valence electrons. The molecule has 2 heterocycles. The largest absolute Gasteiger partial charge is 0.465 e. The lowest BCUT2D eigenvalue weighted by Crippen LogP contribution is -2.29. The Morgan fingerprint density at radius 1 is 1.09 bits per heavy atom. The number of nitrogens with zero attached hydrogens (tertiary/aromatic N) is 1. The van der Waals surface area contributed by atoms with E-state index in [4.69, 9.17) is 20.8 Å². The molecule has 0 saturated carbocycles. The summed E-state index contributed by atoms with van der Waals surface area (Å²) in [5.74, 6) is -1.68. The minimum Gasteiger partial charge on any atom is -0.465 e. The Balaban J connectivity index is 1.70. The molecule has 4 aromatic rings. The molecule has 0 radical (unpaired) electrons. The molecule has 0 spiro atoms. The van der Waals surface area contributed by atoms with Crippen LogP contribution in [0.4, 0.5) is 4.39 Å². The van der Waals surface area contributed by atoms with Crippen molar-refractivity contribution in [3.05, 3.63) is 116 Å². The summed E-state index contributed by atoms with van der Waals surface area (Å²) in [5.41, 5.74) is 1.33. The van der Waals surface area contributed by atoms with Crippen molar-refractivity contribution in [2.45, 2.75) is 12.6 Å². The molecule has 8 heteroatoms. The first-order valence-electron chi connectivity index (χ1n) is 10.4. The lowest BCUT2D eigenvalue weighted by atomic mass is 9.97. The second kappa shape index (κ2) is 8.43. The molecule has 3 aromatic carbocycles. The minimum absolute atomic E-state index is 0.0438. The van der Waals surface area contributed by atoms with Crippen molar-refractivity contribution in [1.29, 1.82) is 0 Å². The maximum atomic E-state index is 13.9. The first-order valence-corrected chi connectivity index (χ1v) is 10.8. The zero-order valence-corrected chi connectivity index (χ0v) is 18.6. The Kier molecular flexibility index (Phi) is 5.42. The number of methoxy groups -OCH3 is 1. The molecule has 34 heavy (non-hydrogen) atoms. The number of halogens is 2. The highest BCUT2D eigenvalue weighted by Crippen LogP contribution is 2.39. The molecular formula is C26H17ClFNO5. The Morgan fingerprint density at radius 3 is 2.53 bits per heavy atom. The predicted octanol–water partition coefficient (Wildman–Crippen LogP) is 5.12. The molecule has 1 aliphatic heterocycles. The third kappa shape index (κ3) is 3.54. The van der Waals surface area contributed by atoms with Crippen LogP contribution in [0.15, 0.2) is 75.9 Å². The van der Waals surface area contributed by atoms with E-state index in [-0.39, 0.29) is 28.8 Å². The highest BCUT2D eigenvalue weighted by molar-refractivity contribution is 6.31. The van der Waals surface area contributed by atoms with Crippen LogP contribution in [0.25, 0.3) is 11.0 Å². The van der Waals surface area contributed by atoms with Gasteiger partial charge in [0.05, 0.1) is 29.7 Å². The van der Waals surface area contributed by atoms with E-state index in [2.05, 4.69) is 0 Å². The highest BCUT2D eigenvalue weighted by atomic mass is 35.5. The van der Waals surface area contributed by atoms with Crippen LogP contribution >= 0.6 is 11.6 Å². The summed E-state index contributed by atoms with van der Waals surface area (Å²) in [6.07, 6.45) is 0. The number of carbonyl (C=O) groups is 2. The van der Waals surface area contributed by atoms with E-state index < -0.39 is 29.2 Å². The van der Waals surface area contributed by atoms with E-state index in [1.165, 1.54) is 24.1 Å². The summed E-state index contributed by atoms with van der Waals surface area (Å²) in [5, 5.41) is 0.514. The van der Waals surface area contributed by atoms with Gasteiger partial charge >= 0.3 is 5.97 Å². The number of ether oxygens (including phenoxy) is 1. The van der Waals surface area contributed by atoms with E-state index >= 15 is 0 Å². The maximum Gasteiger partial charge on any atom is 0.337 e. The number of hydrogen-bond acceptors (Lipinski definition) is 5. The number of rotatable bonds is 4. The van der Waals surface area contributed by atoms with Gasteiger partial charge in [-0.15, -0.1) is 0 Å². The topological polar surface area (TPSA) is 76.8 Å². The van der Waals surface area contributed by atoms with Crippen LogP contribution in [0.2, 0.25) is 5.02 Å². The van der Waals surface area contributed by atoms with Crippen LogP contribution in [0.5, 0.6) is 0 Å². The molecular weight excluding hydrogens is 461 g/mol. The summed E-state index contributed by atoms with van der Waals surface area (Å²) in [6.45, 7) is 0.107. The SMILES string of the molecule is COC(=O)c1ccc(C2c3c(oc4ccc(F)cc4c3=O)C(=O)N2Cc2ccccc2Cl)cc1. The third-order valence-corrected chi connectivity index (χ3v) is 6.24. The maximum absolute atomic E-state index is 13.9. The molecule has 0 N–H and O–H groups in total. The zero-order valence-electron chi connectivity index (χ0n) is 17.9. The second-order valence-corrected chi connectivity index (χ2v) is 8.26. The Hall–Kier alpha value is -3.97. The van der Waals surface area contributed by atoms with Gasteiger partial charge in [-0.2, -0.15) is 0 Å². The fraction of sp³-hybridized carbons (Fsp3) is 0.115. The number of carbonyl (C=O) groups excluding carboxylic acids is 2. The smallest absolute Gasteiger partial charge is 0.337 e. The first-order chi connectivity index (χ1) is 16.4. The first kappa shape index (κ1) is 21.9. The van der Waals surface area contributed by atoms with Crippen molar-refractivity contribution in [1.82, 2.24) is 4.90 Å². The van der Waals surface area contributed by atoms with Gasteiger partial charge in [-0.3, -0.25) is 9.59 Å². The Morgan fingerprint density at radius 2 is 1.82 bits per heavy atom. The van der Waals surface area contributed by atoms with E-state index in [0.717, 1.165) is 6.07 Å². The van der Waals surface area contributed by atoms with E-state index in [1.807, 2.05) is 0 Å². The quantitative estimate of drug-likeness (QED) is 0.381. The van der Waals surface area contributed by atoms with E-state index in [1.54, 1.807) is 48.5 Å². The zero-order chi connectivity index (χ0) is 24.0.